The number of halogens is 1. The standard InChI is InChI=1S/C28H20IN3/c1-18(29)32-24-16-8-5-12-20(24)26-21(13-9-17-25(26)32)28-27(19-10-3-2-4-11-19)30-22-14-6-7-15-23(22)31-28/h2-18H,1H3. The van der Waals surface area contributed by atoms with Crippen molar-refractivity contribution in [3.8, 4) is 22.5 Å². The van der Waals surface area contributed by atoms with Gasteiger partial charge < -0.3 is 4.57 Å². The van der Waals surface area contributed by atoms with E-state index in [2.05, 4.69) is 101 Å². The minimum atomic E-state index is 0.321. The smallest absolute Gasteiger partial charge is 0.0980 e. The van der Waals surface area contributed by atoms with E-state index in [0.717, 1.165) is 33.5 Å². The highest BCUT2D eigenvalue weighted by molar-refractivity contribution is 14.1. The molecular weight excluding hydrogens is 505 g/mol. The third-order valence-electron chi connectivity index (χ3n) is 5.96. The highest BCUT2D eigenvalue weighted by Gasteiger charge is 2.20. The van der Waals surface area contributed by atoms with Gasteiger partial charge in [-0.05, 0) is 31.2 Å². The van der Waals surface area contributed by atoms with Crippen molar-refractivity contribution in [3.05, 3.63) is 97.1 Å². The van der Waals surface area contributed by atoms with E-state index in [9.17, 15) is 0 Å². The third-order valence-corrected chi connectivity index (χ3v) is 6.52. The lowest BCUT2D eigenvalue weighted by Gasteiger charge is -2.13. The monoisotopic (exact) mass is 525 g/mol. The minimum absolute atomic E-state index is 0.321. The van der Waals surface area contributed by atoms with Gasteiger partial charge in [0.15, 0.2) is 0 Å². The van der Waals surface area contributed by atoms with E-state index in [1.54, 1.807) is 0 Å². The molecule has 0 aliphatic heterocycles. The normalized spacial score (nSPS) is 12.6. The Bertz CT molecular complexity index is 1600. The molecule has 1 unspecified atom stereocenters. The Hall–Kier alpha value is -3.25. The van der Waals surface area contributed by atoms with E-state index < -0.39 is 0 Å². The van der Waals surface area contributed by atoms with Crippen molar-refractivity contribution in [2.75, 3.05) is 0 Å². The summed E-state index contributed by atoms with van der Waals surface area (Å²) >= 11 is 2.49. The van der Waals surface area contributed by atoms with Crippen LogP contribution in [0.4, 0.5) is 0 Å². The largest absolute Gasteiger partial charge is 0.328 e. The van der Waals surface area contributed by atoms with Crippen LogP contribution in [-0.4, -0.2) is 14.5 Å². The van der Waals surface area contributed by atoms with E-state index in [4.69, 9.17) is 9.97 Å². The predicted molar refractivity (Wildman–Crippen MR) is 142 cm³/mol. The third kappa shape index (κ3) is 3.01. The Kier molecular flexibility index (Phi) is 4.68. The van der Waals surface area contributed by atoms with Gasteiger partial charge in [-0.15, -0.1) is 0 Å². The van der Waals surface area contributed by atoms with Crippen LogP contribution in [0.5, 0.6) is 0 Å². The minimum Gasteiger partial charge on any atom is -0.328 e. The Morgan fingerprint density at radius 2 is 1.28 bits per heavy atom. The van der Waals surface area contributed by atoms with Crippen LogP contribution in [0, 0.1) is 0 Å². The molecule has 0 aliphatic rings. The Labute approximate surface area is 199 Å². The number of rotatable bonds is 3. The molecule has 0 amide bonds. The van der Waals surface area contributed by atoms with Crippen LogP contribution in [0.1, 0.15) is 11.0 Å². The first-order valence-electron chi connectivity index (χ1n) is 10.7. The maximum atomic E-state index is 5.16. The van der Waals surface area contributed by atoms with E-state index in [-0.39, 0.29) is 0 Å². The van der Waals surface area contributed by atoms with Crippen LogP contribution in [0.2, 0.25) is 0 Å². The van der Waals surface area contributed by atoms with Crippen molar-refractivity contribution >= 4 is 55.4 Å². The van der Waals surface area contributed by atoms with Crippen LogP contribution in [0.15, 0.2) is 97.1 Å². The fourth-order valence-corrected chi connectivity index (χ4v) is 5.21. The molecule has 0 saturated carbocycles. The van der Waals surface area contributed by atoms with Crippen LogP contribution in [-0.2, 0) is 0 Å². The van der Waals surface area contributed by atoms with Gasteiger partial charge in [-0.2, -0.15) is 0 Å². The Morgan fingerprint density at radius 1 is 0.656 bits per heavy atom. The summed E-state index contributed by atoms with van der Waals surface area (Å²) in [5, 5.41) is 2.48. The first kappa shape index (κ1) is 19.4. The molecule has 0 aliphatic carbocycles. The number of aromatic nitrogens is 3. The number of fused-ring (bicyclic) bond motifs is 4. The van der Waals surface area contributed by atoms with Crippen LogP contribution in [0.25, 0.3) is 55.4 Å². The summed E-state index contributed by atoms with van der Waals surface area (Å²) in [5.41, 5.74) is 8.30. The second-order valence-corrected chi connectivity index (χ2v) is 9.74. The summed E-state index contributed by atoms with van der Waals surface area (Å²) < 4.78 is 2.73. The van der Waals surface area contributed by atoms with Gasteiger partial charge in [0, 0.05) is 21.9 Å². The van der Waals surface area contributed by atoms with Crippen molar-refractivity contribution in [1.82, 2.24) is 14.5 Å². The average molecular weight is 525 g/mol. The first-order valence-corrected chi connectivity index (χ1v) is 12.0. The van der Waals surface area contributed by atoms with Gasteiger partial charge in [0.1, 0.15) is 0 Å². The molecule has 1 atom stereocenters. The van der Waals surface area contributed by atoms with Crippen molar-refractivity contribution in [2.45, 2.75) is 11.0 Å². The van der Waals surface area contributed by atoms with Gasteiger partial charge in [0.2, 0.25) is 0 Å². The lowest BCUT2D eigenvalue weighted by atomic mass is 9.99. The number of hydrogen-bond acceptors (Lipinski definition) is 2. The molecular formula is C28H20IN3. The van der Waals surface area contributed by atoms with Crippen molar-refractivity contribution < 1.29 is 0 Å². The molecule has 32 heavy (non-hydrogen) atoms. The summed E-state index contributed by atoms with van der Waals surface area (Å²) in [4.78, 5) is 10.2. The number of para-hydroxylation sites is 3. The predicted octanol–water partition coefficient (Wildman–Crippen LogP) is 8.03. The van der Waals surface area contributed by atoms with E-state index >= 15 is 0 Å². The maximum absolute atomic E-state index is 5.16. The van der Waals surface area contributed by atoms with Crippen molar-refractivity contribution in [3.63, 3.8) is 0 Å². The fraction of sp³-hybridized carbons (Fsp3) is 0.0714. The van der Waals surface area contributed by atoms with Gasteiger partial charge in [0.25, 0.3) is 0 Å². The average Bonchev–Trinajstić information content (AvgIpc) is 3.18. The molecule has 6 rings (SSSR count). The lowest BCUT2D eigenvalue weighted by Crippen LogP contribution is -1.98. The molecule has 2 aromatic heterocycles. The summed E-state index contributed by atoms with van der Waals surface area (Å²) in [6, 6.07) is 33.7. The van der Waals surface area contributed by atoms with Crippen molar-refractivity contribution in [1.29, 1.82) is 0 Å². The zero-order valence-corrected chi connectivity index (χ0v) is 19.7. The number of nitrogens with zero attached hydrogens (tertiary/aromatic N) is 3. The van der Waals surface area contributed by atoms with Gasteiger partial charge >= 0.3 is 0 Å². The van der Waals surface area contributed by atoms with E-state index in [1.807, 2.05) is 30.3 Å². The van der Waals surface area contributed by atoms with Crippen LogP contribution >= 0.6 is 22.6 Å². The van der Waals surface area contributed by atoms with E-state index in [1.165, 1.54) is 21.8 Å². The Balaban J connectivity index is 1.77. The maximum Gasteiger partial charge on any atom is 0.0980 e. The Morgan fingerprint density at radius 3 is 2.03 bits per heavy atom. The highest BCUT2D eigenvalue weighted by Crippen LogP contribution is 2.41. The molecule has 0 fully saturated rings. The molecule has 0 N–H and O–H groups in total. The molecule has 0 bridgehead atoms. The first-order chi connectivity index (χ1) is 15.7. The van der Waals surface area contributed by atoms with Crippen molar-refractivity contribution in [2.24, 2.45) is 0 Å². The molecule has 2 heterocycles. The molecule has 0 spiro atoms. The lowest BCUT2D eigenvalue weighted by molar-refractivity contribution is 0.834. The molecule has 6 aromatic rings. The zero-order valence-electron chi connectivity index (χ0n) is 17.5. The zero-order chi connectivity index (χ0) is 21.7. The summed E-state index contributed by atoms with van der Waals surface area (Å²) in [6.45, 7) is 2.23. The fourth-order valence-electron chi connectivity index (χ4n) is 4.61. The van der Waals surface area contributed by atoms with Gasteiger partial charge in [0.05, 0.1) is 37.5 Å². The molecule has 3 nitrogen and oxygen atoms in total. The van der Waals surface area contributed by atoms with Crippen LogP contribution in [0.3, 0.4) is 0 Å². The number of alkyl halides is 1. The topological polar surface area (TPSA) is 30.7 Å². The van der Waals surface area contributed by atoms with Crippen LogP contribution < -0.4 is 0 Å². The molecule has 0 radical (unpaired) electrons. The molecule has 0 saturated heterocycles. The highest BCUT2D eigenvalue weighted by atomic mass is 127. The summed E-state index contributed by atoms with van der Waals surface area (Å²) in [7, 11) is 0. The molecule has 4 aromatic carbocycles. The quantitative estimate of drug-likeness (QED) is 0.173. The van der Waals surface area contributed by atoms with E-state index in [0.29, 0.717) is 4.05 Å². The summed E-state index contributed by atoms with van der Waals surface area (Å²) in [6.07, 6.45) is 0. The SMILES string of the molecule is CC(I)n1c2ccccc2c2c(-c3nc4ccccc4nc3-c3ccccc3)cccc21. The second kappa shape index (κ2) is 7.71. The van der Waals surface area contributed by atoms with Gasteiger partial charge in [-0.1, -0.05) is 95.4 Å². The van der Waals surface area contributed by atoms with Gasteiger partial charge in [-0.25, -0.2) is 9.97 Å². The summed E-state index contributed by atoms with van der Waals surface area (Å²) in [5.74, 6) is 0. The molecule has 4 heteroatoms. The number of hydrogen-bond donors (Lipinski definition) is 0. The number of benzene rings is 4. The molecule has 154 valence electrons. The second-order valence-electron chi connectivity index (χ2n) is 7.94. The van der Waals surface area contributed by atoms with Gasteiger partial charge in [-0.3, -0.25) is 0 Å².